The van der Waals surface area contributed by atoms with E-state index in [4.69, 9.17) is 11.6 Å². The normalized spacial score (nSPS) is 22.7. The Morgan fingerprint density at radius 2 is 2.17 bits per heavy atom. The van der Waals surface area contributed by atoms with Gasteiger partial charge in [0, 0.05) is 4.47 Å². The summed E-state index contributed by atoms with van der Waals surface area (Å²) >= 11 is 9.64. The van der Waals surface area contributed by atoms with E-state index in [1.54, 1.807) is 6.07 Å². The maximum atomic E-state index is 13.7. The van der Waals surface area contributed by atoms with E-state index in [0.29, 0.717) is 6.42 Å². The number of alkyl halides is 1. The van der Waals surface area contributed by atoms with Crippen LogP contribution in [0.3, 0.4) is 0 Å². The molecular formula is C15H17BrClF. The molecule has 1 atom stereocenters. The van der Waals surface area contributed by atoms with E-state index in [1.165, 1.54) is 11.6 Å². The van der Waals surface area contributed by atoms with E-state index < -0.39 is 0 Å². The Morgan fingerprint density at radius 1 is 1.44 bits per heavy atom. The van der Waals surface area contributed by atoms with Crippen molar-refractivity contribution >= 4 is 27.5 Å². The molecule has 3 heteroatoms. The summed E-state index contributed by atoms with van der Waals surface area (Å²) in [5, 5.41) is 0.0685. The van der Waals surface area contributed by atoms with Crippen LogP contribution < -0.4 is 0 Å². The van der Waals surface area contributed by atoms with Gasteiger partial charge in [-0.1, -0.05) is 41.4 Å². The molecule has 1 aromatic carbocycles. The topological polar surface area (TPSA) is 0 Å². The molecule has 0 spiro atoms. The van der Waals surface area contributed by atoms with Crippen LogP contribution in [0.5, 0.6) is 0 Å². The highest BCUT2D eigenvalue weighted by molar-refractivity contribution is 9.10. The predicted octanol–water partition coefficient (Wildman–Crippen LogP) is 5.48. The van der Waals surface area contributed by atoms with Crippen molar-refractivity contribution in [3.05, 3.63) is 45.7 Å². The predicted molar refractivity (Wildman–Crippen MR) is 78.5 cm³/mol. The van der Waals surface area contributed by atoms with Gasteiger partial charge in [0.15, 0.2) is 0 Å². The van der Waals surface area contributed by atoms with Gasteiger partial charge in [0.05, 0.1) is 5.38 Å². The molecule has 0 bridgehead atoms. The van der Waals surface area contributed by atoms with Crippen molar-refractivity contribution in [1.82, 2.24) is 0 Å². The summed E-state index contributed by atoms with van der Waals surface area (Å²) in [6, 6.07) is 5.08. The van der Waals surface area contributed by atoms with Crippen molar-refractivity contribution in [3.8, 4) is 0 Å². The van der Waals surface area contributed by atoms with E-state index in [2.05, 4.69) is 35.9 Å². The molecule has 0 nitrogen and oxygen atoms in total. The summed E-state index contributed by atoms with van der Waals surface area (Å²) in [4.78, 5) is 0. The lowest BCUT2D eigenvalue weighted by Crippen LogP contribution is -2.23. The van der Waals surface area contributed by atoms with Gasteiger partial charge >= 0.3 is 0 Å². The van der Waals surface area contributed by atoms with Gasteiger partial charge in [0.2, 0.25) is 0 Å². The standard InChI is InChI=1S/C15H17BrClF/c1-15(2)8-10(6-13(17)9-15)5-11-7-12(16)3-4-14(11)18/h3-4,6-7,13H,5,8-9H2,1-2H3. The smallest absolute Gasteiger partial charge is 0.126 e. The molecule has 0 N–H and O–H groups in total. The number of benzene rings is 1. The number of hydrogen-bond donors (Lipinski definition) is 0. The Hall–Kier alpha value is -0.340. The van der Waals surface area contributed by atoms with Crippen LogP contribution in [-0.4, -0.2) is 5.38 Å². The number of rotatable bonds is 2. The molecule has 0 aliphatic heterocycles. The Labute approximate surface area is 121 Å². The van der Waals surface area contributed by atoms with Gasteiger partial charge in [-0.2, -0.15) is 0 Å². The molecule has 1 aliphatic carbocycles. The van der Waals surface area contributed by atoms with Crippen molar-refractivity contribution in [3.63, 3.8) is 0 Å². The molecule has 1 unspecified atom stereocenters. The second-order valence-electron chi connectivity index (χ2n) is 5.80. The number of hydrogen-bond acceptors (Lipinski definition) is 0. The molecule has 2 rings (SSSR count). The first-order valence-corrected chi connectivity index (χ1v) is 7.36. The maximum Gasteiger partial charge on any atom is 0.126 e. The van der Waals surface area contributed by atoms with Crippen LogP contribution in [0.1, 0.15) is 32.3 Å². The summed E-state index contributed by atoms with van der Waals surface area (Å²) in [5.41, 5.74) is 2.18. The van der Waals surface area contributed by atoms with Gasteiger partial charge in [-0.15, -0.1) is 11.6 Å². The fraction of sp³-hybridized carbons (Fsp3) is 0.467. The van der Waals surface area contributed by atoms with Crippen molar-refractivity contribution in [2.24, 2.45) is 5.41 Å². The Balaban J connectivity index is 2.21. The molecule has 18 heavy (non-hydrogen) atoms. The third kappa shape index (κ3) is 3.58. The van der Waals surface area contributed by atoms with Gasteiger partial charge in [-0.3, -0.25) is 0 Å². The van der Waals surface area contributed by atoms with Crippen LogP contribution in [0.15, 0.2) is 34.3 Å². The van der Waals surface area contributed by atoms with Crippen LogP contribution in [0.2, 0.25) is 0 Å². The summed E-state index contributed by atoms with van der Waals surface area (Å²) in [5.74, 6) is -0.145. The largest absolute Gasteiger partial charge is 0.207 e. The second-order valence-corrected chi connectivity index (χ2v) is 7.27. The minimum absolute atomic E-state index is 0.0685. The van der Waals surface area contributed by atoms with E-state index in [1.807, 2.05) is 6.07 Å². The Kier molecular flexibility index (Phi) is 4.18. The van der Waals surface area contributed by atoms with Gasteiger partial charge in [0.25, 0.3) is 0 Å². The van der Waals surface area contributed by atoms with E-state index in [9.17, 15) is 4.39 Å². The molecule has 0 heterocycles. The van der Waals surface area contributed by atoms with Crippen molar-refractivity contribution < 1.29 is 4.39 Å². The molecule has 98 valence electrons. The summed E-state index contributed by atoms with van der Waals surface area (Å²) in [6.07, 6.45) is 4.71. The second kappa shape index (κ2) is 5.34. The van der Waals surface area contributed by atoms with Gasteiger partial charge in [-0.25, -0.2) is 4.39 Å². The molecule has 0 fully saturated rings. The fourth-order valence-corrected chi connectivity index (χ4v) is 3.64. The zero-order valence-corrected chi connectivity index (χ0v) is 13.0. The zero-order chi connectivity index (χ0) is 13.3. The van der Waals surface area contributed by atoms with E-state index >= 15 is 0 Å². The Bertz CT molecular complexity index is 479. The summed E-state index contributed by atoms with van der Waals surface area (Å²) in [7, 11) is 0. The monoisotopic (exact) mass is 330 g/mol. The van der Waals surface area contributed by atoms with Crippen LogP contribution in [0, 0.1) is 11.2 Å². The number of halogens is 3. The van der Waals surface area contributed by atoms with Crippen LogP contribution in [0.4, 0.5) is 4.39 Å². The molecule has 1 aromatic rings. The molecule has 0 amide bonds. The van der Waals surface area contributed by atoms with Gasteiger partial charge in [-0.05, 0) is 48.4 Å². The van der Waals surface area contributed by atoms with Gasteiger partial charge < -0.3 is 0 Å². The minimum Gasteiger partial charge on any atom is -0.207 e. The maximum absolute atomic E-state index is 13.7. The van der Waals surface area contributed by atoms with Gasteiger partial charge in [0.1, 0.15) is 5.82 Å². The lowest BCUT2D eigenvalue weighted by Gasteiger charge is -2.32. The molecule has 0 saturated heterocycles. The molecule has 0 aromatic heterocycles. The Morgan fingerprint density at radius 3 is 2.83 bits per heavy atom. The highest BCUT2D eigenvalue weighted by Crippen LogP contribution is 2.38. The third-order valence-electron chi connectivity index (χ3n) is 3.30. The average molecular weight is 332 g/mol. The molecule has 1 aliphatic rings. The zero-order valence-electron chi connectivity index (χ0n) is 10.6. The lowest BCUT2D eigenvalue weighted by molar-refractivity contribution is 0.320. The van der Waals surface area contributed by atoms with E-state index in [-0.39, 0.29) is 16.6 Å². The summed E-state index contributed by atoms with van der Waals surface area (Å²) in [6.45, 7) is 4.43. The quantitative estimate of drug-likeness (QED) is 0.497. The highest BCUT2D eigenvalue weighted by atomic mass is 79.9. The highest BCUT2D eigenvalue weighted by Gasteiger charge is 2.27. The molecule has 0 radical (unpaired) electrons. The molecule has 0 saturated carbocycles. The van der Waals surface area contributed by atoms with Crippen LogP contribution in [-0.2, 0) is 6.42 Å². The average Bonchev–Trinajstić information content (AvgIpc) is 2.20. The minimum atomic E-state index is -0.145. The summed E-state index contributed by atoms with van der Waals surface area (Å²) < 4.78 is 14.6. The van der Waals surface area contributed by atoms with Crippen molar-refractivity contribution in [1.29, 1.82) is 0 Å². The fourth-order valence-electron chi connectivity index (χ4n) is 2.63. The third-order valence-corrected chi connectivity index (χ3v) is 4.07. The van der Waals surface area contributed by atoms with E-state index in [0.717, 1.165) is 22.9 Å². The number of allylic oxidation sites excluding steroid dienone is 2. The first-order valence-electron chi connectivity index (χ1n) is 6.13. The SMILES string of the molecule is CC1(C)CC(Cc2cc(Br)ccc2F)=CC(Cl)C1. The van der Waals surface area contributed by atoms with Crippen LogP contribution >= 0.6 is 27.5 Å². The molecular weight excluding hydrogens is 315 g/mol. The lowest BCUT2D eigenvalue weighted by atomic mass is 9.76. The van der Waals surface area contributed by atoms with Crippen LogP contribution in [0.25, 0.3) is 0 Å². The van der Waals surface area contributed by atoms with Crippen molar-refractivity contribution in [2.75, 3.05) is 0 Å². The first kappa shape index (κ1) is 14.1. The first-order chi connectivity index (χ1) is 8.35. The van der Waals surface area contributed by atoms with Crippen molar-refractivity contribution in [2.45, 2.75) is 38.5 Å².